The lowest BCUT2D eigenvalue weighted by Gasteiger charge is -2.11. The van der Waals surface area contributed by atoms with Crippen molar-refractivity contribution in [1.82, 2.24) is 0 Å². The van der Waals surface area contributed by atoms with Gasteiger partial charge in [-0.1, -0.05) is 39.5 Å². The predicted octanol–water partition coefficient (Wildman–Crippen LogP) is 4.69. The van der Waals surface area contributed by atoms with Crippen molar-refractivity contribution in [2.24, 2.45) is 5.92 Å². The third-order valence-corrected chi connectivity index (χ3v) is 3.35. The molecule has 0 aliphatic carbocycles. The number of hydrogen-bond acceptors (Lipinski definition) is 3. The van der Waals surface area contributed by atoms with Crippen molar-refractivity contribution >= 4 is 11.4 Å². The van der Waals surface area contributed by atoms with Crippen LogP contribution in [0.4, 0.5) is 11.4 Å². The lowest BCUT2D eigenvalue weighted by atomic mass is 10.0. The highest BCUT2D eigenvalue weighted by Gasteiger charge is 2.01. The highest BCUT2D eigenvalue weighted by Crippen LogP contribution is 2.25. The van der Waals surface area contributed by atoms with Crippen LogP contribution < -0.4 is 15.8 Å². The number of ether oxygens (including phenoxy) is 1. The topological polar surface area (TPSA) is 47.3 Å². The van der Waals surface area contributed by atoms with Gasteiger partial charge in [-0.25, -0.2) is 0 Å². The van der Waals surface area contributed by atoms with Crippen molar-refractivity contribution in [2.75, 3.05) is 24.2 Å². The minimum atomic E-state index is 0.642. The smallest absolute Gasteiger partial charge is 0.144 e. The van der Waals surface area contributed by atoms with E-state index in [2.05, 4.69) is 19.2 Å². The largest absolute Gasteiger partial charge is 0.492 e. The maximum absolute atomic E-state index is 5.86. The number of rotatable bonds is 10. The Kier molecular flexibility index (Phi) is 7.93. The first-order valence-corrected chi connectivity index (χ1v) is 7.89. The van der Waals surface area contributed by atoms with Crippen molar-refractivity contribution in [3.8, 4) is 5.75 Å². The van der Waals surface area contributed by atoms with E-state index in [1.165, 1.54) is 32.1 Å². The Labute approximate surface area is 123 Å². The Hall–Kier alpha value is -1.38. The van der Waals surface area contributed by atoms with Gasteiger partial charge in [-0.3, -0.25) is 0 Å². The van der Waals surface area contributed by atoms with Crippen LogP contribution in [-0.4, -0.2) is 13.2 Å². The summed E-state index contributed by atoms with van der Waals surface area (Å²) in [5, 5.41) is 3.43. The monoisotopic (exact) mass is 278 g/mol. The van der Waals surface area contributed by atoms with Crippen LogP contribution in [0.3, 0.4) is 0 Å². The second kappa shape index (κ2) is 9.51. The summed E-state index contributed by atoms with van der Waals surface area (Å²) in [6, 6.07) is 5.89. The number of nitrogens with two attached hydrogens (primary N) is 1. The molecule has 3 N–H and O–H groups in total. The van der Waals surface area contributed by atoms with E-state index >= 15 is 0 Å². The van der Waals surface area contributed by atoms with E-state index in [0.717, 1.165) is 23.9 Å². The molecule has 0 saturated heterocycles. The molecule has 0 amide bonds. The average molecular weight is 278 g/mol. The molecule has 0 aromatic heterocycles. The molecule has 0 atom stereocenters. The second-order valence-corrected chi connectivity index (χ2v) is 5.71. The van der Waals surface area contributed by atoms with Gasteiger partial charge in [0.2, 0.25) is 0 Å². The normalized spacial score (nSPS) is 10.8. The van der Waals surface area contributed by atoms with Gasteiger partial charge >= 0.3 is 0 Å². The van der Waals surface area contributed by atoms with Crippen LogP contribution in [-0.2, 0) is 0 Å². The number of benzene rings is 1. The van der Waals surface area contributed by atoms with Gasteiger partial charge in [-0.05, 0) is 31.4 Å². The minimum Gasteiger partial charge on any atom is -0.492 e. The fourth-order valence-electron chi connectivity index (χ4n) is 2.19. The van der Waals surface area contributed by atoms with Crippen LogP contribution in [0.25, 0.3) is 0 Å². The lowest BCUT2D eigenvalue weighted by molar-refractivity contribution is 0.342. The third kappa shape index (κ3) is 6.69. The molecule has 1 rings (SSSR count). The summed E-state index contributed by atoms with van der Waals surface area (Å²) in [5.74, 6) is 1.61. The maximum Gasteiger partial charge on any atom is 0.144 e. The summed E-state index contributed by atoms with van der Waals surface area (Å²) in [5.41, 5.74) is 7.64. The Balaban J connectivity index is 2.20. The summed E-state index contributed by atoms with van der Waals surface area (Å²) in [7, 11) is 0. The Morgan fingerprint density at radius 3 is 2.60 bits per heavy atom. The van der Waals surface area contributed by atoms with E-state index in [0.29, 0.717) is 12.3 Å². The second-order valence-electron chi connectivity index (χ2n) is 5.71. The molecule has 114 valence electrons. The van der Waals surface area contributed by atoms with Crippen LogP contribution in [0.5, 0.6) is 5.75 Å². The molecular weight excluding hydrogens is 248 g/mol. The molecule has 0 radical (unpaired) electrons. The lowest BCUT2D eigenvalue weighted by Crippen LogP contribution is -2.03. The highest BCUT2D eigenvalue weighted by molar-refractivity contribution is 5.61. The third-order valence-electron chi connectivity index (χ3n) is 3.35. The van der Waals surface area contributed by atoms with E-state index in [-0.39, 0.29) is 0 Å². The molecule has 0 spiro atoms. The molecule has 1 aromatic rings. The van der Waals surface area contributed by atoms with Crippen LogP contribution in [0.1, 0.15) is 52.9 Å². The Morgan fingerprint density at radius 2 is 1.90 bits per heavy atom. The van der Waals surface area contributed by atoms with Crippen LogP contribution in [0, 0.1) is 5.92 Å². The molecule has 1 aromatic carbocycles. The molecule has 0 fully saturated rings. The van der Waals surface area contributed by atoms with E-state index in [1.54, 1.807) is 0 Å². The molecule has 0 saturated carbocycles. The average Bonchev–Trinajstić information content (AvgIpc) is 2.41. The standard InChI is InChI=1S/C17H30N2O/c1-4-20-17-13-15(10-11-16(17)18)19-12-8-6-5-7-9-14(2)3/h10-11,13-14,19H,4-9,12,18H2,1-3H3. The summed E-state index contributed by atoms with van der Waals surface area (Å²) in [6.07, 6.45) is 6.56. The number of nitrogen functional groups attached to an aromatic ring is 1. The zero-order valence-corrected chi connectivity index (χ0v) is 13.2. The van der Waals surface area contributed by atoms with Crippen molar-refractivity contribution in [3.63, 3.8) is 0 Å². The van der Waals surface area contributed by atoms with Gasteiger partial charge in [0.05, 0.1) is 12.3 Å². The molecule has 0 unspecified atom stereocenters. The summed E-state index contributed by atoms with van der Waals surface area (Å²) in [4.78, 5) is 0. The Morgan fingerprint density at radius 1 is 1.15 bits per heavy atom. The van der Waals surface area contributed by atoms with E-state index < -0.39 is 0 Å². The van der Waals surface area contributed by atoms with Gasteiger partial charge < -0.3 is 15.8 Å². The number of nitrogens with one attached hydrogen (secondary N) is 1. The quantitative estimate of drug-likeness (QED) is 0.482. The molecule has 20 heavy (non-hydrogen) atoms. The summed E-state index contributed by atoms with van der Waals surface area (Å²) < 4.78 is 5.49. The first kappa shape index (κ1) is 16.7. The van der Waals surface area contributed by atoms with Crippen molar-refractivity contribution in [2.45, 2.75) is 52.9 Å². The van der Waals surface area contributed by atoms with Gasteiger partial charge in [-0.2, -0.15) is 0 Å². The first-order valence-electron chi connectivity index (χ1n) is 7.89. The molecule has 3 heteroatoms. The van der Waals surface area contributed by atoms with E-state index in [1.807, 2.05) is 25.1 Å². The molecular formula is C17H30N2O. The van der Waals surface area contributed by atoms with Crippen LogP contribution in [0.15, 0.2) is 18.2 Å². The predicted molar refractivity (Wildman–Crippen MR) is 88.4 cm³/mol. The number of unbranched alkanes of at least 4 members (excludes halogenated alkanes) is 3. The van der Waals surface area contributed by atoms with E-state index in [9.17, 15) is 0 Å². The fourth-order valence-corrected chi connectivity index (χ4v) is 2.19. The van der Waals surface area contributed by atoms with Crippen LogP contribution in [0.2, 0.25) is 0 Å². The summed E-state index contributed by atoms with van der Waals surface area (Å²) >= 11 is 0. The number of anilines is 2. The summed E-state index contributed by atoms with van der Waals surface area (Å²) in [6.45, 7) is 8.20. The van der Waals surface area contributed by atoms with Crippen molar-refractivity contribution < 1.29 is 4.74 Å². The van der Waals surface area contributed by atoms with Gasteiger partial charge in [0.15, 0.2) is 0 Å². The molecule has 0 bridgehead atoms. The van der Waals surface area contributed by atoms with Crippen LogP contribution >= 0.6 is 0 Å². The number of hydrogen-bond donors (Lipinski definition) is 2. The molecule has 0 heterocycles. The van der Waals surface area contributed by atoms with E-state index in [4.69, 9.17) is 10.5 Å². The SMILES string of the molecule is CCOc1cc(NCCCCCCC(C)C)ccc1N. The van der Waals surface area contributed by atoms with Gasteiger partial charge in [0.25, 0.3) is 0 Å². The Bertz CT molecular complexity index is 377. The highest BCUT2D eigenvalue weighted by atomic mass is 16.5. The van der Waals surface area contributed by atoms with Gasteiger partial charge in [0, 0.05) is 18.3 Å². The molecule has 0 aliphatic rings. The van der Waals surface area contributed by atoms with Gasteiger partial charge in [0.1, 0.15) is 5.75 Å². The molecule has 0 aliphatic heterocycles. The molecule has 3 nitrogen and oxygen atoms in total. The fraction of sp³-hybridized carbons (Fsp3) is 0.647. The zero-order valence-electron chi connectivity index (χ0n) is 13.2. The van der Waals surface area contributed by atoms with Gasteiger partial charge in [-0.15, -0.1) is 0 Å². The zero-order chi connectivity index (χ0) is 14.8. The maximum atomic E-state index is 5.86. The first-order chi connectivity index (χ1) is 9.63. The van der Waals surface area contributed by atoms with Crippen molar-refractivity contribution in [1.29, 1.82) is 0 Å². The van der Waals surface area contributed by atoms with Crippen molar-refractivity contribution in [3.05, 3.63) is 18.2 Å². The minimum absolute atomic E-state index is 0.642.